The van der Waals surface area contributed by atoms with Crippen molar-refractivity contribution >= 4 is 11.8 Å². The number of piperidine rings is 1. The third kappa shape index (κ3) is 2.39. The maximum atomic E-state index is 3.29. The summed E-state index contributed by atoms with van der Waals surface area (Å²) < 4.78 is 0. The molecule has 2 aliphatic rings. The summed E-state index contributed by atoms with van der Waals surface area (Å²) in [5, 5.41) is 3.29. The monoisotopic (exact) mass is 200 g/mol. The van der Waals surface area contributed by atoms with Crippen LogP contribution in [-0.2, 0) is 0 Å². The molecule has 2 fully saturated rings. The molecule has 2 saturated heterocycles. The van der Waals surface area contributed by atoms with E-state index in [1.54, 1.807) is 0 Å². The van der Waals surface area contributed by atoms with Gasteiger partial charge in [0, 0.05) is 17.5 Å². The first-order valence-electron chi connectivity index (χ1n) is 5.36. The summed E-state index contributed by atoms with van der Waals surface area (Å²) in [5.41, 5.74) is 0. The summed E-state index contributed by atoms with van der Waals surface area (Å²) in [4.78, 5) is 2.70. The molecule has 0 atom stereocenters. The number of hydrogen-bond donors (Lipinski definition) is 1. The molecule has 13 heavy (non-hydrogen) atoms. The summed E-state index contributed by atoms with van der Waals surface area (Å²) in [7, 11) is 2.06. The SMILES string of the molecule is CNCC1CCN(C2CSC2)CC1. The summed E-state index contributed by atoms with van der Waals surface area (Å²) in [6, 6.07) is 0.931. The van der Waals surface area contributed by atoms with Crippen molar-refractivity contribution in [3.05, 3.63) is 0 Å². The van der Waals surface area contributed by atoms with E-state index >= 15 is 0 Å². The molecule has 0 aromatic heterocycles. The number of nitrogens with zero attached hydrogens (tertiary/aromatic N) is 1. The summed E-state index contributed by atoms with van der Waals surface area (Å²) in [6.07, 6.45) is 2.81. The van der Waals surface area contributed by atoms with Crippen LogP contribution in [0.2, 0.25) is 0 Å². The van der Waals surface area contributed by atoms with Gasteiger partial charge in [-0.25, -0.2) is 0 Å². The van der Waals surface area contributed by atoms with Crippen LogP contribution in [0.3, 0.4) is 0 Å². The zero-order chi connectivity index (χ0) is 9.10. The maximum absolute atomic E-state index is 3.29. The van der Waals surface area contributed by atoms with E-state index in [0.717, 1.165) is 12.0 Å². The number of likely N-dealkylation sites (tertiary alicyclic amines) is 1. The fourth-order valence-corrected chi connectivity index (χ4v) is 3.11. The van der Waals surface area contributed by atoms with Crippen LogP contribution in [0.4, 0.5) is 0 Å². The van der Waals surface area contributed by atoms with Crippen LogP contribution in [0.15, 0.2) is 0 Å². The van der Waals surface area contributed by atoms with Crippen LogP contribution < -0.4 is 5.32 Å². The lowest BCUT2D eigenvalue weighted by Gasteiger charge is -2.41. The Labute approximate surface area is 85.4 Å². The van der Waals surface area contributed by atoms with Gasteiger partial charge in [0.1, 0.15) is 0 Å². The van der Waals surface area contributed by atoms with E-state index in [0.29, 0.717) is 0 Å². The Kier molecular flexibility index (Phi) is 3.52. The lowest BCUT2D eigenvalue weighted by Crippen LogP contribution is -2.48. The minimum atomic E-state index is 0.931. The van der Waals surface area contributed by atoms with Crippen LogP contribution in [0.1, 0.15) is 12.8 Å². The van der Waals surface area contributed by atoms with Crippen LogP contribution >= 0.6 is 11.8 Å². The highest BCUT2D eigenvalue weighted by atomic mass is 32.2. The quantitative estimate of drug-likeness (QED) is 0.732. The van der Waals surface area contributed by atoms with Gasteiger partial charge in [-0.1, -0.05) is 0 Å². The van der Waals surface area contributed by atoms with Crippen molar-refractivity contribution < 1.29 is 0 Å². The van der Waals surface area contributed by atoms with Crippen molar-refractivity contribution in [2.75, 3.05) is 38.2 Å². The number of hydrogen-bond acceptors (Lipinski definition) is 3. The van der Waals surface area contributed by atoms with Gasteiger partial charge in [0.15, 0.2) is 0 Å². The topological polar surface area (TPSA) is 15.3 Å². The van der Waals surface area contributed by atoms with E-state index in [2.05, 4.69) is 29.0 Å². The van der Waals surface area contributed by atoms with E-state index in [-0.39, 0.29) is 0 Å². The minimum Gasteiger partial charge on any atom is -0.319 e. The first kappa shape index (κ1) is 9.81. The number of thioether (sulfide) groups is 1. The Morgan fingerprint density at radius 2 is 2.00 bits per heavy atom. The van der Waals surface area contributed by atoms with Crippen molar-refractivity contribution in [1.82, 2.24) is 10.2 Å². The Hall–Kier alpha value is 0.270. The van der Waals surface area contributed by atoms with Crippen LogP contribution in [0.25, 0.3) is 0 Å². The molecule has 0 aromatic rings. The standard InChI is InChI=1S/C10H20N2S/c1-11-6-9-2-4-12(5-3-9)10-7-13-8-10/h9-11H,2-8H2,1H3. The Morgan fingerprint density at radius 1 is 1.31 bits per heavy atom. The van der Waals surface area contributed by atoms with Gasteiger partial charge in [-0.05, 0) is 45.4 Å². The lowest BCUT2D eigenvalue weighted by atomic mass is 9.96. The zero-order valence-corrected chi connectivity index (χ0v) is 9.28. The van der Waals surface area contributed by atoms with E-state index in [1.165, 1.54) is 44.0 Å². The zero-order valence-electron chi connectivity index (χ0n) is 8.46. The molecule has 0 radical (unpaired) electrons. The third-order valence-corrected chi connectivity index (χ3v) is 4.52. The van der Waals surface area contributed by atoms with Crippen molar-refractivity contribution in [2.45, 2.75) is 18.9 Å². The molecule has 0 unspecified atom stereocenters. The van der Waals surface area contributed by atoms with Gasteiger partial charge < -0.3 is 5.32 Å². The molecule has 1 N–H and O–H groups in total. The molecule has 2 nitrogen and oxygen atoms in total. The molecule has 3 heteroatoms. The normalized spacial score (nSPS) is 27.5. The average molecular weight is 200 g/mol. The largest absolute Gasteiger partial charge is 0.319 e. The number of nitrogens with one attached hydrogen (secondary N) is 1. The Bertz CT molecular complexity index is 151. The van der Waals surface area contributed by atoms with E-state index in [9.17, 15) is 0 Å². The summed E-state index contributed by atoms with van der Waals surface area (Å²) in [6.45, 7) is 3.91. The second-order valence-corrected chi connectivity index (χ2v) is 5.30. The van der Waals surface area contributed by atoms with Gasteiger partial charge in [0.2, 0.25) is 0 Å². The molecule has 0 aromatic carbocycles. The van der Waals surface area contributed by atoms with Crippen molar-refractivity contribution in [3.63, 3.8) is 0 Å². The Morgan fingerprint density at radius 3 is 2.46 bits per heavy atom. The highest BCUT2D eigenvalue weighted by molar-refractivity contribution is 8.00. The predicted molar refractivity (Wildman–Crippen MR) is 59.3 cm³/mol. The molecular formula is C10H20N2S. The third-order valence-electron chi connectivity index (χ3n) is 3.28. The fourth-order valence-electron chi connectivity index (χ4n) is 2.24. The molecule has 2 rings (SSSR count). The van der Waals surface area contributed by atoms with E-state index in [4.69, 9.17) is 0 Å². The van der Waals surface area contributed by atoms with Crippen molar-refractivity contribution in [2.24, 2.45) is 5.92 Å². The Balaban J connectivity index is 1.69. The van der Waals surface area contributed by atoms with Crippen molar-refractivity contribution in [1.29, 1.82) is 0 Å². The van der Waals surface area contributed by atoms with Gasteiger partial charge in [-0.3, -0.25) is 4.90 Å². The van der Waals surface area contributed by atoms with Crippen molar-refractivity contribution in [3.8, 4) is 0 Å². The maximum Gasteiger partial charge on any atom is 0.0276 e. The van der Waals surface area contributed by atoms with Gasteiger partial charge in [0.25, 0.3) is 0 Å². The highest BCUT2D eigenvalue weighted by Crippen LogP contribution is 2.27. The van der Waals surface area contributed by atoms with Gasteiger partial charge in [-0.15, -0.1) is 0 Å². The smallest absolute Gasteiger partial charge is 0.0276 e. The predicted octanol–water partition coefficient (Wildman–Crippen LogP) is 1.03. The first-order chi connectivity index (χ1) is 6.40. The average Bonchev–Trinajstić information content (AvgIpc) is 2.06. The van der Waals surface area contributed by atoms with E-state index in [1.807, 2.05) is 0 Å². The molecule has 76 valence electrons. The van der Waals surface area contributed by atoms with Gasteiger partial charge >= 0.3 is 0 Å². The summed E-state index contributed by atoms with van der Waals surface area (Å²) in [5.74, 6) is 3.71. The van der Waals surface area contributed by atoms with Gasteiger partial charge in [-0.2, -0.15) is 11.8 Å². The van der Waals surface area contributed by atoms with Crippen LogP contribution in [0, 0.1) is 5.92 Å². The fraction of sp³-hybridized carbons (Fsp3) is 1.00. The van der Waals surface area contributed by atoms with Gasteiger partial charge in [0.05, 0.1) is 0 Å². The second-order valence-electron chi connectivity index (χ2n) is 4.23. The molecule has 2 aliphatic heterocycles. The lowest BCUT2D eigenvalue weighted by molar-refractivity contribution is 0.148. The molecule has 2 heterocycles. The van der Waals surface area contributed by atoms with E-state index < -0.39 is 0 Å². The molecule has 0 aliphatic carbocycles. The molecule has 0 amide bonds. The first-order valence-corrected chi connectivity index (χ1v) is 6.52. The van der Waals surface area contributed by atoms with Crippen LogP contribution in [0.5, 0.6) is 0 Å². The molecule has 0 saturated carbocycles. The minimum absolute atomic E-state index is 0.931. The molecule has 0 bridgehead atoms. The summed E-state index contributed by atoms with van der Waals surface area (Å²) >= 11 is 2.10. The molecule has 0 spiro atoms. The second kappa shape index (κ2) is 4.67. The van der Waals surface area contributed by atoms with Crippen LogP contribution in [-0.4, -0.2) is 49.1 Å². The molecular weight excluding hydrogens is 180 g/mol. The highest BCUT2D eigenvalue weighted by Gasteiger charge is 2.28. The number of rotatable bonds is 3.